The summed E-state index contributed by atoms with van der Waals surface area (Å²) < 4.78 is 0. The summed E-state index contributed by atoms with van der Waals surface area (Å²) in [6, 6.07) is 0. The number of hydrogen-bond acceptors (Lipinski definition) is 1. The fourth-order valence-electron chi connectivity index (χ4n) is 2.27. The third kappa shape index (κ3) is 2.84. The molecule has 0 spiro atoms. The van der Waals surface area contributed by atoms with Crippen LogP contribution >= 0.6 is 0 Å². The highest BCUT2D eigenvalue weighted by molar-refractivity contribution is 4.97. The van der Waals surface area contributed by atoms with E-state index in [1.807, 2.05) is 7.05 Å². The van der Waals surface area contributed by atoms with Crippen molar-refractivity contribution in [2.75, 3.05) is 13.6 Å². The van der Waals surface area contributed by atoms with Crippen LogP contribution in [0.5, 0.6) is 0 Å². The highest BCUT2D eigenvalue weighted by Crippen LogP contribution is 2.41. The fourth-order valence-corrected chi connectivity index (χ4v) is 2.27. The Kier molecular flexibility index (Phi) is 3.98. The Bertz CT molecular complexity index is 149. The van der Waals surface area contributed by atoms with Gasteiger partial charge in [0.1, 0.15) is 0 Å². The van der Waals surface area contributed by atoms with Crippen molar-refractivity contribution in [3.8, 4) is 0 Å². The van der Waals surface area contributed by atoms with E-state index >= 15 is 0 Å². The molecular weight excluding hydrogens is 158 g/mol. The average Bonchev–Trinajstić information content (AvgIpc) is 2.18. The Balaban J connectivity index is 2.45. The van der Waals surface area contributed by atoms with Gasteiger partial charge in [-0.05, 0) is 57.0 Å². The Hall–Kier alpha value is -0.300. The van der Waals surface area contributed by atoms with E-state index in [0.29, 0.717) is 5.41 Å². The largest absolute Gasteiger partial charge is 0.320 e. The van der Waals surface area contributed by atoms with Crippen molar-refractivity contribution >= 4 is 0 Å². The lowest BCUT2D eigenvalue weighted by atomic mass is 9.69. The normalized spacial score (nSPS) is 34.5. The first kappa shape index (κ1) is 10.8. The van der Waals surface area contributed by atoms with Gasteiger partial charge in [-0.3, -0.25) is 0 Å². The fraction of sp³-hybridized carbons (Fsp3) is 0.833. The SMILES string of the molecule is C=CC1(CCNC)CCC(C)CC1. The molecule has 0 bridgehead atoms. The maximum Gasteiger partial charge on any atom is -0.00436 e. The zero-order chi connectivity index (χ0) is 9.73. The third-order valence-electron chi connectivity index (χ3n) is 3.58. The van der Waals surface area contributed by atoms with Crippen molar-refractivity contribution in [2.24, 2.45) is 11.3 Å². The molecule has 0 heterocycles. The van der Waals surface area contributed by atoms with Gasteiger partial charge in [-0.15, -0.1) is 6.58 Å². The lowest BCUT2D eigenvalue weighted by molar-refractivity contribution is 0.198. The van der Waals surface area contributed by atoms with E-state index in [9.17, 15) is 0 Å². The van der Waals surface area contributed by atoms with Crippen LogP contribution in [0.15, 0.2) is 12.7 Å². The number of rotatable bonds is 4. The van der Waals surface area contributed by atoms with Crippen molar-refractivity contribution < 1.29 is 0 Å². The van der Waals surface area contributed by atoms with Gasteiger partial charge in [0, 0.05) is 0 Å². The summed E-state index contributed by atoms with van der Waals surface area (Å²) in [6.07, 6.45) is 8.93. The van der Waals surface area contributed by atoms with Crippen LogP contribution in [0.3, 0.4) is 0 Å². The Morgan fingerprint density at radius 2 is 2.08 bits per heavy atom. The minimum absolute atomic E-state index is 0.454. The van der Waals surface area contributed by atoms with Crippen LogP contribution in [0, 0.1) is 11.3 Å². The van der Waals surface area contributed by atoms with E-state index in [1.165, 1.54) is 32.1 Å². The van der Waals surface area contributed by atoms with Gasteiger partial charge in [0.2, 0.25) is 0 Å². The maximum absolute atomic E-state index is 4.01. The molecule has 1 saturated carbocycles. The molecule has 13 heavy (non-hydrogen) atoms. The van der Waals surface area contributed by atoms with Crippen LogP contribution in [0.1, 0.15) is 39.0 Å². The van der Waals surface area contributed by atoms with E-state index in [0.717, 1.165) is 12.5 Å². The Labute approximate surface area is 82.6 Å². The first-order valence-electron chi connectivity index (χ1n) is 5.50. The molecule has 0 unspecified atom stereocenters. The van der Waals surface area contributed by atoms with Gasteiger partial charge < -0.3 is 5.32 Å². The molecule has 0 radical (unpaired) electrons. The molecular formula is C12H23N. The van der Waals surface area contributed by atoms with Crippen molar-refractivity contribution in [1.82, 2.24) is 5.32 Å². The van der Waals surface area contributed by atoms with Crippen LogP contribution in [0.25, 0.3) is 0 Å². The third-order valence-corrected chi connectivity index (χ3v) is 3.58. The summed E-state index contributed by atoms with van der Waals surface area (Å²) in [5.41, 5.74) is 0.454. The molecule has 0 atom stereocenters. The van der Waals surface area contributed by atoms with E-state index in [-0.39, 0.29) is 0 Å². The van der Waals surface area contributed by atoms with Crippen LogP contribution in [0.2, 0.25) is 0 Å². The van der Waals surface area contributed by atoms with E-state index in [1.54, 1.807) is 0 Å². The number of allylic oxidation sites excluding steroid dienone is 1. The molecule has 76 valence electrons. The molecule has 1 nitrogen and oxygen atoms in total. The lowest BCUT2D eigenvalue weighted by Crippen LogP contribution is -2.28. The Morgan fingerprint density at radius 3 is 2.54 bits per heavy atom. The van der Waals surface area contributed by atoms with E-state index < -0.39 is 0 Å². The second kappa shape index (κ2) is 4.80. The van der Waals surface area contributed by atoms with Gasteiger partial charge in [-0.25, -0.2) is 0 Å². The summed E-state index contributed by atoms with van der Waals surface area (Å²) in [4.78, 5) is 0. The summed E-state index contributed by atoms with van der Waals surface area (Å²) in [7, 11) is 2.03. The second-order valence-electron chi connectivity index (χ2n) is 4.60. The van der Waals surface area contributed by atoms with Gasteiger partial charge in [0.25, 0.3) is 0 Å². The molecule has 0 saturated heterocycles. The van der Waals surface area contributed by atoms with Gasteiger partial charge >= 0.3 is 0 Å². The molecule has 1 aliphatic rings. The van der Waals surface area contributed by atoms with Crippen molar-refractivity contribution in [2.45, 2.75) is 39.0 Å². The predicted molar refractivity (Wildman–Crippen MR) is 58.8 cm³/mol. The van der Waals surface area contributed by atoms with Crippen LogP contribution < -0.4 is 5.32 Å². The van der Waals surface area contributed by atoms with E-state index in [2.05, 4.69) is 24.9 Å². The molecule has 1 rings (SSSR count). The van der Waals surface area contributed by atoms with Gasteiger partial charge in [-0.1, -0.05) is 13.0 Å². The van der Waals surface area contributed by atoms with Crippen LogP contribution in [-0.4, -0.2) is 13.6 Å². The standard InChI is InChI=1S/C12H23N/c1-4-12(9-10-13-3)7-5-11(2)6-8-12/h4,11,13H,1,5-10H2,2-3H3. The first-order chi connectivity index (χ1) is 6.22. The van der Waals surface area contributed by atoms with Crippen molar-refractivity contribution in [3.05, 3.63) is 12.7 Å². The lowest BCUT2D eigenvalue weighted by Gasteiger charge is -2.37. The van der Waals surface area contributed by atoms with Crippen LogP contribution in [0.4, 0.5) is 0 Å². The van der Waals surface area contributed by atoms with E-state index in [4.69, 9.17) is 0 Å². The minimum atomic E-state index is 0.454. The van der Waals surface area contributed by atoms with Crippen molar-refractivity contribution in [3.63, 3.8) is 0 Å². The first-order valence-corrected chi connectivity index (χ1v) is 5.50. The summed E-state index contributed by atoms with van der Waals surface area (Å²) >= 11 is 0. The molecule has 1 aliphatic carbocycles. The van der Waals surface area contributed by atoms with Crippen molar-refractivity contribution in [1.29, 1.82) is 0 Å². The zero-order valence-electron chi connectivity index (χ0n) is 9.10. The summed E-state index contributed by atoms with van der Waals surface area (Å²) in [5, 5.41) is 3.24. The summed E-state index contributed by atoms with van der Waals surface area (Å²) in [6.45, 7) is 7.50. The highest BCUT2D eigenvalue weighted by Gasteiger charge is 2.30. The monoisotopic (exact) mass is 181 g/mol. The van der Waals surface area contributed by atoms with Gasteiger partial charge in [0.05, 0.1) is 0 Å². The zero-order valence-corrected chi connectivity index (χ0v) is 9.10. The molecule has 0 aromatic rings. The molecule has 1 heteroatoms. The average molecular weight is 181 g/mol. The van der Waals surface area contributed by atoms with Crippen LogP contribution in [-0.2, 0) is 0 Å². The highest BCUT2D eigenvalue weighted by atomic mass is 14.8. The summed E-state index contributed by atoms with van der Waals surface area (Å²) in [5.74, 6) is 0.933. The maximum atomic E-state index is 4.01. The smallest absolute Gasteiger partial charge is 0.00436 e. The molecule has 0 aromatic carbocycles. The quantitative estimate of drug-likeness (QED) is 0.657. The molecule has 1 fully saturated rings. The van der Waals surface area contributed by atoms with Gasteiger partial charge in [-0.2, -0.15) is 0 Å². The number of nitrogens with one attached hydrogen (secondary N) is 1. The molecule has 1 N–H and O–H groups in total. The minimum Gasteiger partial charge on any atom is -0.320 e. The predicted octanol–water partition coefficient (Wildman–Crippen LogP) is 2.98. The molecule has 0 aromatic heterocycles. The second-order valence-corrected chi connectivity index (χ2v) is 4.60. The topological polar surface area (TPSA) is 12.0 Å². The Morgan fingerprint density at radius 1 is 1.46 bits per heavy atom. The van der Waals surface area contributed by atoms with Gasteiger partial charge in [0.15, 0.2) is 0 Å². The number of hydrogen-bond donors (Lipinski definition) is 1. The molecule has 0 amide bonds. The molecule has 0 aliphatic heterocycles.